The zero-order valence-corrected chi connectivity index (χ0v) is 9.63. The summed E-state index contributed by atoms with van der Waals surface area (Å²) in [4.78, 5) is 16.0. The van der Waals surface area contributed by atoms with E-state index < -0.39 is 5.97 Å². The summed E-state index contributed by atoms with van der Waals surface area (Å²) in [6.45, 7) is 6.17. The standard InChI is InChI=1S/C10H12N2O2S/c1-10(2,3)7-4-12-6(8(13)14)5-15-9(12)11-7/h4-5H,1-3H3,(H,13,14). The van der Waals surface area contributed by atoms with Crippen molar-refractivity contribution in [3.8, 4) is 0 Å². The van der Waals surface area contributed by atoms with E-state index in [1.54, 1.807) is 16.0 Å². The average molecular weight is 224 g/mol. The van der Waals surface area contributed by atoms with Gasteiger partial charge < -0.3 is 5.11 Å². The van der Waals surface area contributed by atoms with Crippen LogP contribution >= 0.6 is 11.3 Å². The van der Waals surface area contributed by atoms with Crippen LogP contribution in [0.3, 0.4) is 0 Å². The lowest BCUT2D eigenvalue weighted by molar-refractivity contribution is 0.0689. The van der Waals surface area contributed by atoms with E-state index >= 15 is 0 Å². The normalized spacial score (nSPS) is 12.2. The highest BCUT2D eigenvalue weighted by Gasteiger charge is 2.20. The summed E-state index contributed by atoms with van der Waals surface area (Å²) in [5.74, 6) is -0.917. The SMILES string of the molecule is CC(C)(C)c1cn2c(C(=O)O)csc2n1. The first-order valence-corrected chi connectivity index (χ1v) is 5.48. The van der Waals surface area contributed by atoms with Crippen molar-refractivity contribution < 1.29 is 9.90 Å². The molecule has 0 unspecified atom stereocenters. The van der Waals surface area contributed by atoms with E-state index in [4.69, 9.17) is 5.11 Å². The summed E-state index contributed by atoms with van der Waals surface area (Å²) in [5, 5.41) is 10.6. The fraction of sp³-hybridized carbons (Fsp3) is 0.400. The van der Waals surface area contributed by atoms with Crippen LogP contribution in [0.15, 0.2) is 11.6 Å². The van der Waals surface area contributed by atoms with Crippen molar-refractivity contribution in [3.05, 3.63) is 23.0 Å². The van der Waals surface area contributed by atoms with Gasteiger partial charge >= 0.3 is 5.97 Å². The Kier molecular flexibility index (Phi) is 2.08. The number of imidazole rings is 1. The molecule has 4 nitrogen and oxygen atoms in total. The third-order valence-corrected chi connectivity index (χ3v) is 3.04. The zero-order valence-electron chi connectivity index (χ0n) is 8.81. The minimum absolute atomic E-state index is 0.0541. The van der Waals surface area contributed by atoms with E-state index in [2.05, 4.69) is 25.8 Å². The van der Waals surface area contributed by atoms with Crippen molar-refractivity contribution in [2.75, 3.05) is 0 Å². The van der Waals surface area contributed by atoms with Gasteiger partial charge in [-0.3, -0.25) is 4.40 Å². The molecule has 80 valence electrons. The molecular weight excluding hydrogens is 212 g/mol. The van der Waals surface area contributed by atoms with Gasteiger partial charge in [0.25, 0.3) is 0 Å². The van der Waals surface area contributed by atoms with Crippen LogP contribution < -0.4 is 0 Å². The van der Waals surface area contributed by atoms with Crippen molar-refractivity contribution in [2.24, 2.45) is 0 Å². The van der Waals surface area contributed by atoms with Crippen molar-refractivity contribution in [2.45, 2.75) is 26.2 Å². The molecule has 15 heavy (non-hydrogen) atoms. The summed E-state index contributed by atoms with van der Waals surface area (Å²) < 4.78 is 1.63. The Morgan fingerprint density at radius 1 is 1.53 bits per heavy atom. The van der Waals surface area contributed by atoms with Gasteiger partial charge in [0.1, 0.15) is 5.69 Å². The number of carbonyl (C=O) groups is 1. The van der Waals surface area contributed by atoms with Crippen molar-refractivity contribution in [3.63, 3.8) is 0 Å². The van der Waals surface area contributed by atoms with Crippen molar-refractivity contribution in [1.82, 2.24) is 9.38 Å². The number of hydrogen-bond acceptors (Lipinski definition) is 3. The second kappa shape index (κ2) is 3.06. The maximum atomic E-state index is 10.9. The Hall–Kier alpha value is -1.36. The molecule has 0 saturated heterocycles. The van der Waals surface area contributed by atoms with E-state index in [-0.39, 0.29) is 11.1 Å². The summed E-state index contributed by atoms with van der Waals surface area (Å²) in [6, 6.07) is 0. The lowest BCUT2D eigenvalue weighted by Crippen LogP contribution is -2.11. The molecule has 0 aliphatic rings. The van der Waals surface area contributed by atoms with Crippen LogP contribution in [-0.4, -0.2) is 20.5 Å². The van der Waals surface area contributed by atoms with Crippen LogP contribution in [0.5, 0.6) is 0 Å². The predicted octanol–water partition coefficient (Wildman–Crippen LogP) is 2.39. The number of carboxylic acids is 1. The van der Waals surface area contributed by atoms with Crippen LogP contribution in [0.25, 0.3) is 4.96 Å². The molecule has 2 aromatic rings. The molecule has 0 spiro atoms. The highest BCUT2D eigenvalue weighted by Crippen LogP contribution is 2.24. The quantitative estimate of drug-likeness (QED) is 0.809. The number of rotatable bonds is 1. The molecule has 5 heteroatoms. The smallest absolute Gasteiger partial charge is 0.353 e. The largest absolute Gasteiger partial charge is 0.477 e. The molecule has 0 amide bonds. The Morgan fingerprint density at radius 3 is 2.73 bits per heavy atom. The van der Waals surface area contributed by atoms with Gasteiger partial charge in [-0.1, -0.05) is 20.8 Å². The maximum Gasteiger partial charge on any atom is 0.353 e. The third kappa shape index (κ3) is 1.63. The number of fused-ring (bicyclic) bond motifs is 1. The number of thiazole rings is 1. The molecular formula is C10H12N2O2S. The lowest BCUT2D eigenvalue weighted by Gasteiger charge is -2.13. The molecule has 0 atom stereocenters. The van der Waals surface area contributed by atoms with Crippen molar-refractivity contribution in [1.29, 1.82) is 0 Å². The lowest BCUT2D eigenvalue weighted by atomic mass is 9.93. The average Bonchev–Trinajstić information content (AvgIpc) is 2.56. The topological polar surface area (TPSA) is 54.6 Å². The summed E-state index contributed by atoms with van der Waals surface area (Å²) in [7, 11) is 0. The number of nitrogens with zero attached hydrogens (tertiary/aromatic N) is 2. The molecule has 0 aliphatic heterocycles. The first-order chi connectivity index (χ1) is 6.89. The highest BCUT2D eigenvalue weighted by atomic mass is 32.1. The molecule has 1 N–H and O–H groups in total. The molecule has 0 aliphatic carbocycles. The number of hydrogen-bond donors (Lipinski definition) is 1. The second-order valence-electron chi connectivity index (χ2n) is 4.45. The minimum atomic E-state index is -0.917. The number of carboxylic acid groups (broad SMARTS) is 1. The molecule has 2 rings (SSSR count). The summed E-state index contributed by atoms with van der Waals surface area (Å²) in [5.41, 5.74) is 1.14. The molecule has 2 heterocycles. The molecule has 0 aromatic carbocycles. The highest BCUT2D eigenvalue weighted by molar-refractivity contribution is 7.15. The molecule has 0 bridgehead atoms. The van der Waals surface area contributed by atoms with Crippen LogP contribution in [0.4, 0.5) is 0 Å². The molecule has 0 radical (unpaired) electrons. The monoisotopic (exact) mass is 224 g/mol. The Morgan fingerprint density at radius 2 is 2.20 bits per heavy atom. The van der Waals surface area contributed by atoms with Gasteiger partial charge in [-0.2, -0.15) is 0 Å². The van der Waals surface area contributed by atoms with E-state index in [1.807, 2.05) is 0 Å². The third-order valence-electron chi connectivity index (χ3n) is 2.20. The molecule has 0 fully saturated rings. The van der Waals surface area contributed by atoms with Gasteiger partial charge in [0, 0.05) is 17.0 Å². The van der Waals surface area contributed by atoms with Gasteiger partial charge in [0.2, 0.25) is 0 Å². The Labute approximate surface area is 91.2 Å². The number of aromatic carboxylic acids is 1. The van der Waals surface area contributed by atoms with Gasteiger partial charge in [-0.05, 0) is 0 Å². The van der Waals surface area contributed by atoms with Crippen LogP contribution in [0, 0.1) is 0 Å². The zero-order chi connectivity index (χ0) is 11.2. The maximum absolute atomic E-state index is 10.9. The Balaban J connectivity index is 2.62. The fourth-order valence-corrected chi connectivity index (χ4v) is 2.15. The van der Waals surface area contributed by atoms with Gasteiger partial charge in [-0.15, -0.1) is 11.3 Å². The fourth-order valence-electron chi connectivity index (χ4n) is 1.30. The second-order valence-corrected chi connectivity index (χ2v) is 5.29. The first-order valence-electron chi connectivity index (χ1n) is 4.60. The summed E-state index contributed by atoms with van der Waals surface area (Å²) >= 11 is 1.35. The van der Waals surface area contributed by atoms with E-state index in [9.17, 15) is 4.79 Å². The Bertz CT molecular complexity index is 519. The van der Waals surface area contributed by atoms with Crippen LogP contribution in [0.1, 0.15) is 37.0 Å². The first kappa shape index (κ1) is 10.2. The molecule has 2 aromatic heterocycles. The van der Waals surface area contributed by atoms with Crippen LogP contribution in [0.2, 0.25) is 0 Å². The van der Waals surface area contributed by atoms with Crippen molar-refractivity contribution >= 4 is 22.3 Å². The van der Waals surface area contributed by atoms with Gasteiger partial charge in [0.05, 0.1) is 5.69 Å². The van der Waals surface area contributed by atoms with E-state index in [0.29, 0.717) is 0 Å². The van der Waals surface area contributed by atoms with E-state index in [0.717, 1.165) is 10.7 Å². The number of aromatic nitrogens is 2. The minimum Gasteiger partial charge on any atom is -0.477 e. The summed E-state index contributed by atoms with van der Waals surface area (Å²) in [6.07, 6.45) is 1.80. The van der Waals surface area contributed by atoms with Gasteiger partial charge in [0.15, 0.2) is 4.96 Å². The van der Waals surface area contributed by atoms with Gasteiger partial charge in [-0.25, -0.2) is 9.78 Å². The van der Waals surface area contributed by atoms with E-state index in [1.165, 1.54) is 11.3 Å². The predicted molar refractivity (Wildman–Crippen MR) is 58.7 cm³/mol. The molecule has 0 saturated carbocycles. The van der Waals surface area contributed by atoms with Crippen LogP contribution in [-0.2, 0) is 5.41 Å².